The van der Waals surface area contributed by atoms with E-state index >= 15 is 0 Å². The molecule has 2 aromatic heterocycles. The summed E-state index contributed by atoms with van der Waals surface area (Å²) in [6.07, 6.45) is 7.51. The van der Waals surface area contributed by atoms with E-state index in [0.717, 1.165) is 28.8 Å². The van der Waals surface area contributed by atoms with Gasteiger partial charge in [0.05, 0.1) is 5.69 Å². The van der Waals surface area contributed by atoms with Crippen LogP contribution in [0.3, 0.4) is 0 Å². The molecule has 1 amide bonds. The van der Waals surface area contributed by atoms with Crippen LogP contribution in [0.5, 0.6) is 0 Å². The molecule has 0 fully saturated rings. The van der Waals surface area contributed by atoms with Crippen molar-refractivity contribution < 1.29 is 4.79 Å². The molecule has 5 nitrogen and oxygen atoms in total. The lowest BCUT2D eigenvalue weighted by Crippen LogP contribution is -2.09. The van der Waals surface area contributed by atoms with Gasteiger partial charge in [-0.15, -0.1) is 0 Å². The number of rotatable bonds is 5. The first kappa shape index (κ1) is 15.7. The molecule has 3 rings (SSSR count). The highest BCUT2D eigenvalue weighted by Crippen LogP contribution is 2.26. The Hall–Kier alpha value is -3.21. The molecule has 0 bridgehead atoms. The molecule has 0 atom stereocenters. The third-order valence-electron chi connectivity index (χ3n) is 3.66. The summed E-state index contributed by atoms with van der Waals surface area (Å²) in [7, 11) is 0. The lowest BCUT2D eigenvalue weighted by molar-refractivity contribution is -0.111. The summed E-state index contributed by atoms with van der Waals surface area (Å²) in [6, 6.07) is 13.5. The molecule has 0 saturated heterocycles. The second-order valence-electron chi connectivity index (χ2n) is 5.25. The average molecular weight is 318 g/mol. The number of H-pyrrole nitrogens is 1. The SMILES string of the molecule is CCc1c(NC(=O)C=Cc2ccccc2)n[nH]c1-c1ccncc1. The van der Waals surface area contributed by atoms with Crippen LogP contribution in [0.4, 0.5) is 5.82 Å². The lowest BCUT2D eigenvalue weighted by Gasteiger charge is -2.03. The number of carbonyl (C=O) groups excluding carboxylic acids is 1. The van der Waals surface area contributed by atoms with E-state index in [1.165, 1.54) is 6.08 Å². The Labute approximate surface area is 140 Å². The fraction of sp³-hybridized carbons (Fsp3) is 0.105. The predicted molar refractivity (Wildman–Crippen MR) is 95.3 cm³/mol. The lowest BCUT2D eigenvalue weighted by atomic mass is 10.1. The first-order valence-corrected chi connectivity index (χ1v) is 7.79. The van der Waals surface area contributed by atoms with Crippen LogP contribution >= 0.6 is 0 Å². The van der Waals surface area contributed by atoms with Crippen molar-refractivity contribution in [2.75, 3.05) is 5.32 Å². The first-order valence-electron chi connectivity index (χ1n) is 7.79. The minimum atomic E-state index is -0.207. The van der Waals surface area contributed by atoms with Crippen LogP contribution in [-0.2, 0) is 11.2 Å². The van der Waals surface area contributed by atoms with Crippen LogP contribution in [0, 0.1) is 0 Å². The predicted octanol–water partition coefficient (Wildman–Crippen LogP) is 3.69. The van der Waals surface area contributed by atoms with E-state index in [-0.39, 0.29) is 5.91 Å². The number of benzene rings is 1. The maximum absolute atomic E-state index is 12.1. The molecule has 2 N–H and O–H groups in total. The third kappa shape index (κ3) is 3.57. The molecule has 0 spiro atoms. The van der Waals surface area contributed by atoms with Gasteiger partial charge >= 0.3 is 0 Å². The van der Waals surface area contributed by atoms with Crippen molar-refractivity contribution in [3.8, 4) is 11.3 Å². The summed E-state index contributed by atoms with van der Waals surface area (Å²) in [5.74, 6) is 0.355. The van der Waals surface area contributed by atoms with E-state index < -0.39 is 0 Å². The number of nitrogens with one attached hydrogen (secondary N) is 2. The molecular formula is C19H18N4O. The standard InChI is InChI=1S/C19H18N4O/c1-2-16-18(15-10-12-20-13-11-15)22-23-19(16)21-17(24)9-8-14-6-4-3-5-7-14/h3-13H,2H2,1H3,(H2,21,22,23,24). The highest BCUT2D eigenvalue weighted by molar-refractivity contribution is 6.02. The maximum Gasteiger partial charge on any atom is 0.249 e. The zero-order valence-electron chi connectivity index (χ0n) is 13.4. The zero-order valence-corrected chi connectivity index (χ0v) is 13.4. The van der Waals surface area contributed by atoms with E-state index in [1.54, 1.807) is 18.5 Å². The van der Waals surface area contributed by atoms with Crippen molar-refractivity contribution in [3.05, 3.63) is 72.1 Å². The van der Waals surface area contributed by atoms with Gasteiger partial charge in [0, 0.05) is 29.6 Å². The third-order valence-corrected chi connectivity index (χ3v) is 3.66. The number of carbonyl (C=O) groups is 1. The van der Waals surface area contributed by atoms with Crippen LogP contribution in [0.15, 0.2) is 60.9 Å². The number of anilines is 1. The van der Waals surface area contributed by atoms with E-state index in [9.17, 15) is 4.79 Å². The molecule has 0 unspecified atom stereocenters. The molecule has 0 radical (unpaired) electrons. The fourth-order valence-corrected chi connectivity index (χ4v) is 2.46. The number of pyridine rings is 1. The minimum Gasteiger partial charge on any atom is -0.305 e. The summed E-state index contributed by atoms with van der Waals surface area (Å²) in [5, 5.41) is 10.1. The van der Waals surface area contributed by atoms with Crippen molar-refractivity contribution in [2.45, 2.75) is 13.3 Å². The van der Waals surface area contributed by atoms with Gasteiger partial charge in [0.25, 0.3) is 0 Å². The molecule has 2 heterocycles. The van der Waals surface area contributed by atoms with Crippen molar-refractivity contribution in [2.24, 2.45) is 0 Å². The minimum absolute atomic E-state index is 0.207. The fourth-order valence-electron chi connectivity index (χ4n) is 2.46. The van der Waals surface area contributed by atoms with Gasteiger partial charge in [-0.05, 0) is 30.2 Å². The Kier molecular flexibility index (Phi) is 4.81. The van der Waals surface area contributed by atoms with Crippen molar-refractivity contribution in [1.29, 1.82) is 0 Å². The van der Waals surface area contributed by atoms with E-state index in [0.29, 0.717) is 5.82 Å². The first-order chi connectivity index (χ1) is 11.8. The van der Waals surface area contributed by atoms with Crippen molar-refractivity contribution in [1.82, 2.24) is 15.2 Å². The Morgan fingerprint density at radius 3 is 2.62 bits per heavy atom. The number of aromatic amines is 1. The Balaban J connectivity index is 1.77. The molecule has 0 aliphatic rings. The molecule has 0 aliphatic carbocycles. The number of nitrogens with zero attached hydrogens (tertiary/aromatic N) is 2. The van der Waals surface area contributed by atoms with Gasteiger partial charge in [0.15, 0.2) is 5.82 Å². The summed E-state index contributed by atoms with van der Waals surface area (Å²) in [6.45, 7) is 2.03. The number of hydrogen-bond donors (Lipinski definition) is 2. The number of hydrogen-bond acceptors (Lipinski definition) is 3. The Bertz CT molecular complexity index is 838. The van der Waals surface area contributed by atoms with Crippen LogP contribution in [0.2, 0.25) is 0 Å². The van der Waals surface area contributed by atoms with E-state index in [4.69, 9.17) is 0 Å². The van der Waals surface area contributed by atoms with Gasteiger partial charge in [-0.3, -0.25) is 14.9 Å². The van der Waals surface area contributed by atoms with Crippen molar-refractivity contribution >= 4 is 17.8 Å². The molecule has 3 aromatic rings. The van der Waals surface area contributed by atoms with E-state index in [2.05, 4.69) is 20.5 Å². The maximum atomic E-state index is 12.1. The van der Waals surface area contributed by atoms with Crippen LogP contribution < -0.4 is 5.32 Å². The highest BCUT2D eigenvalue weighted by atomic mass is 16.1. The Morgan fingerprint density at radius 1 is 1.17 bits per heavy atom. The van der Waals surface area contributed by atoms with Crippen LogP contribution in [0.1, 0.15) is 18.1 Å². The summed E-state index contributed by atoms with van der Waals surface area (Å²) in [4.78, 5) is 16.2. The van der Waals surface area contributed by atoms with Crippen LogP contribution in [0.25, 0.3) is 17.3 Å². The molecule has 0 aliphatic heterocycles. The van der Waals surface area contributed by atoms with Crippen molar-refractivity contribution in [3.63, 3.8) is 0 Å². The number of aromatic nitrogens is 3. The average Bonchev–Trinajstić information content (AvgIpc) is 3.04. The molecule has 1 aromatic carbocycles. The van der Waals surface area contributed by atoms with Gasteiger partial charge in [-0.25, -0.2) is 0 Å². The molecular weight excluding hydrogens is 300 g/mol. The quantitative estimate of drug-likeness (QED) is 0.705. The summed E-state index contributed by atoms with van der Waals surface area (Å²) >= 11 is 0. The zero-order chi connectivity index (χ0) is 16.8. The van der Waals surface area contributed by atoms with Crippen LogP contribution in [-0.4, -0.2) is 21.1 Å². The Morgan fingerprint density at radius 2 is 1.92 bits per heavy atom. The van der Waals surface area contributed by atoms with E-state index in [1.807, 2.05) is 49.4 Å². The van der Waals surface area contributed by atoms with Gasteiger partial charge < -0.3 is 5.32 Å². The topological polar surface area (TPSA) is 70.7 Å². The second-order valence-corrected chi connectivity index (χ2v) is 5.25. The molecule has 24 heavy (non-hydrogen) atoms. The summed E-state index contributed by atoms with van der Waals surface area (Å²) in [5.41, 5.74) is 3.85. The van der Waals surface area contributed by atoms with Gasteiger partial charge in [-0.2, -0.15) is 5.10 Å². The normalized spacial score (nSPS) is 10.9. The number of amides is 1. The largest absolute Gasteiger partial charge is 0.305 e. The molecule has 0 saturated carbocycles. The smallest absolute Gasteiger partial charge is 0.249 e. The van der Waals surface area contributed by atoms with Gasteiger partial charge in [0.2, 0.25) is 5.91 Å². The molecule has 120 valence electrons. The molecule has 5 heteroatoms. The van der Waals surface area contributed by atoms with Gasteiger partial charge in [-0.1, -0.05) is 37.3 Å². The monoisotopic (exact) mass is 318 g/mol. The summed E-state index contributed by atoms with van der Waals surface area (Å²) < 4.78 is 0. The van der Waals surface area contributed by atoms with Gasteiger partial charge in [0.1, 0.15) is 0 Å². The second kappa shape index (κ2) is 7.37. The highest BCUT2D eigenvalue weighted by Gasteiger charge is 2.14.